The van der Waals surface area contributed by atoms with Crippen LogP contribution in [0.4, 0.5) is 4.79 Å². The van der Waals surface area contributed by atoms with E-state index in [1.807, 2.05) is 60.7 Å². The second-order valence-electron chi connectivity index (χ2n) is 8.69. The Morgan fingerprint density at radius 1 is 1.06 bits per heavy atom. The number of ether oxygens (including phenoxy) is 2. The molecule has 1 heterocycles. The first-order valence-corrected chi connectivity index (χ1v) is 12.5. The molecule has 1 aliphatic rings. The van der Waals surface area contributed by atoms with E-state index in [2.05, 4.69) is 6.58 Å². The molecule has 0 aromatic heterocycles. The minimum absolute atomic E-state index is 0.162. The molecule has 4 rings (SSSR count). The third-order valence-corrected chi connectivity index (χ3v) is 6.80. The van der Waals surface area contributed by atoms with E-state index in [9.17, 15) is 9.59 Å². The Bertz CT molecular complexity index is 1190. The van der Waals surface area contributed by atoms with E-state index >= 15 is 0 Å². The molecule has 2 atom stereocenters. The lowest BCUT2D eigenvalue weighted by atomic mass is 9.93. The van der Waals surface area contributed by atoms with Crippen molar-refractivity contribution in [1.29, 1.82) is 0 Å². The molecule has 2 amide bonds. The molecule has 36 heavy (non-hydrogen) atoms. The Morgan fingerprint density at radius 3 is 2.28 bits per heavy atom. The Labute approximate surface area is 221 Å². The molecule has 0 bridgehead atoms. The van der Waals surface area contributed by atoms with Crippen molar-refractivity contribution >= 4 is 35.2 Å². The highest BCUT2D eigenvalue weighted by Gasteiger charge is 2.40. The van der Waals surface area contributed by atoms with Crippen molar-refractivity contribution in [3.63, 3.8) is 0 Å². The lowest BCUT2D eigenvalue weighted by molar-refractivity contribution is -0.133. The maximum atomic E-state index is 13.6. The molecule has 1 aliphatic heterocycles. The normalized spacial score (nSPS) is 15.9. The van der Waals surface area contributed by atoms with Crippen LogP contribution in [0.3, 0.4) is 0 Å². The fraction of sp³-hybridized carbons (Fsp3) is 0.241. The monoisotopic (exact) mass is 523 g/mol. The maximum absolute atomic E-state index is 13.6. The molecule has 5 nitrogen and oxygen atoms in total. The molecule has 0 spiro atoms. The summed E-state index contributed by atoms with van der Waals surface area (Å²) in [6, 6.07) is 22.5. The molecule has 0 aliphatic carbocycles. The summed E-state index contributed by atoms with van der Waals surface area (Å²) >= 11 is 13.2. The molecular formula is C29H27Cl2NO4. The van der Waals surface area contributed by atoms with Crippen molar-refractivity contribution in [2.45, 2.75) is 31.9 Å². The van der Waals surface area contributed by atoms with E-state index in [1.165, 1.54) is 4.90 Å². The van der Waals surface area contributed by atoms with Crippen molar-refractivity contribution in [3.05, 3.63) is 112 Å². The lowest BCUT2D eigenvalue weighted by Gasteiger charge is -2.25. The Morgan fingerprint density at radius 2 is 1.67 bits per heavy atom. The number of hydrogen-bond donors (Lipinski definition) is 0. The minimum Gasteiger partial charge on any atom is -0.489 e. The van der Waals surface area contributed by atoms with Gasteiger partial charge < -0.3 is 9.47 Å². The van der Waals surface area contributed by atoms with Crippen molar-refractivity contribution in [2.75, 3.05) is 6.61 Å². The molecular weight excluding hydrogens is 497 g/mol. The SMILES string of the molecule is C=CCC(Cc1c(Cl)cc(OCc2ccccc2)cc1Cl)C(=O)N1C(=O)OCC1Cc1ccccc1. The topological polar surface area (TPSA) is 55.8 Å². The highest BCUT2D eigenvalue weighted by atomic mass is 35.5. The van der Waals surface area contributed by atoms with Gasteiger partial charge in [-0.25, -0.2) is 9.69 Å². The van der Waals surface area contributed by atoms with Gasteiger partial charge in [0.05, 0.1) is 6.04 Å². The maximum Gasteiger partial charge on any atom is 0.416 e. The molecule has 3 aromatic carbocycles. The first-order chi connectivity index (χ1) is 17.5. The van der Waals surface area contributed by atoms with Crippen LogP contribution >= 0.6 is 23.2 Å². The zero-order valence-corrected chi connectivity index (χ0v) is 21.3. The van der Waals surface area contributed by atoms with Crippen LogP contribution in [0.5, 0.6) is 5.75 Å². The van der Waals surface area contributed by atoms with E-state index in [0.29, 0.717) is 40.8 Å². The van der Waals surface area contributed by atoms with Crippen LogP contribution in [-0.4, -0.2) is 29.5 Å². The quantitative estimate of drug-likeness (QED) is 0.271. The number of carbonyl (C=O) groups is 2. The number of cyclic esters (lactones) is 1. The van der Waals surface area contributed by atoms with Gasteiger partial charge in [0.25, 0.3) is 0 Å². The number of amides is 2. The van der Waals surface area contributed by atoms with E-state index in [0.717, 1.165) is 11.1 Å². The van der Waals surface area contributed by atoms with Gasteiger partial charge in [0.2, 0.25) is 5.91 Å². The van der Waals surface area contributed by atoms with Gasteiger partial charge in [-0.3, -0.25) is 4.79 Å². The molecule has 0 N–H and O–H groups in total. The van der Waals surface area contributed by atoms with Crippen molar-refractivity contribution in [3.8, 4) is 5.75 Å². The van der Waals surface area contributed by atoms with Crippen LogP contribution in [-0.2, 0) is 29.0 Å². The van der Waals surface area contributed by atoms with E-state index in [4.69, 9.17) is 32.7 Å². The summed E-state index contributed by atoms with van der Waals surface area (Å²) in [5, 5.41) is 0.800. The summed E-state index contributed by atoms with van der Waals surface area (Å²) in [7, 11) is 0. The van der Waals surface area contributed by atoms with E-state index < -0.39 is 12.0 Å². The van der Waals surface area contributed by atoms with Gasteiger partial charge in [0, 0.05) is 16.0 Å². The van der Waals surface area contributed by atoms with Crippen molar-refractivity contribution < 1.29 is 19.1 Å². The molecule has 1 saturated heterocycles. The fourth-order valence-electron chi connectivity index (χ4n) is 4.28. The standard InChI is InChI=1S/C29H27Cl2NO4/c1-2-9-22(28(33)32-23(19-36-29(32)34)14-20-10-5-3-6-11-20)15-25-26(30)16-24(17-27(25)31)35-18-21-12-7-4-8-13-21/h2-8,10-13,16-17,22-23H,1,9,14-15,18-19H2. The minimum atomic E-state index is -0.628. The van der Waals surface area contributed by atoms with Crippen molar-refractivity contribution in [2.24, 2.45) is 5.92 Å². The Balaban J connectivity index is 1.49. The zero-order chi connectivity index (χ0) is 25.5. The molecule has 3 aromatic rings. The third kappa shape index (κ3) is 6.28. The van der Waals surface area contributed by atoms with Gasteiger partial charge in [0.15, 0.2) is 0 Å². The number of imide groups is 1. The molecule has 0 saturated carbocycles. The van der Waals surface area contributed by atoms with Gasteiger partial charge in [-0.05, 0) is 48.1 Å². The lowest BCUT2D eigenvalue weighted by Crippen LogP contribution is -2.44. The summed E-state index contributed by atoms with van der Waals surface area (Å²) in [4.78, 5) is 27.3. The number of halogens is 2. The van der Waals surface area contributed by atoms with Gasteiger partial charge in [-0.1, -0.05) is 89.9 Å². The van der Waals surface area contributed by atoms with Gasteiger partial charge in [-0.15, -0.1) is 6.58 Å². The van der Waals surface area contributed by atoms with Gasteiger partial charge in [-0.2, -0.15) is 0 Å². The van der Waals surface area contributed by atoms with Crippen LogP contribution in [0.2, 0.25) is 10.0 Å². The molecule has 7 heteroatoms. The number of rotatable bonds is 10. The number of benzene rings is 3. The van der Waals surface area contributed by atoms with Crippen LogP contribution in [0.1, 0.15) is 23.1 Å². The molecule has 0 radical (unpaired) electrons. The summed E-state index contributed by atoms with van der Waals surface area (Å²) < 4.78 is 11.1. The summed E-state index contributed by atoms with van der Waals surface area (Å²) in [5.41, 5.74) is 2.67. The van der Waals surface area contributed by atoms with Crippen LogP contribution in [0.15, 0.2) is 85.5 Å². The number of nitrogens with zero attached hydrogens (tertiary/aromatic N) is 1. The highest BCUT2D eigenvalue weighted by Crippen LogP contribution is 2.34. The van der Waals surface area contributed by atoms with E-state index in [1.54, 1.807) is 18.2 Å². The predicted octanol–water partition coefficient (Wildman–Crippen LogP) is 6.90. The first kappa shape index (κ1) is 25.8. The largest absolute Gasteiger partial charge is 0.489 e. The van der Waals surface area contributed by atoms with Crippen molar-refractivity contribution in [1.82, 2.24) is 4.90 Å². The second kappa shape index (κ2) is 12.1. The summed E-state index contributed by atoms with van der Waals surface area (Å²) in [5.74, 6) is -0.359. The highest BCUT2D eigenvalue weighted by molar-refractivity contribution is 6.36. The summed E-state index contributed by atoms with van der Waals surface area (Å²) in [6.45, 7) is 4.34. The van der Waals surface area contributed by atoms with E-state index in [-0.39, 0.29) is 25.0 Å². The van der Waals surface area contributed by atoms with Crippen LogP contribution < -0.4 is 4.74 Å². The molecule has 2 unspecified atom stereocenters. The number of allylic oxidation sites excluding steroid dienone is 1. The number of hydrogen-bond acceptors (Lipinski definition) is 4. The van der Waals surface area contributed by atoms with Gasteiger partial charge >= 0.3 is 6.09 Å². The van der Waals surface area contributed by atoms with Gasteiger partial charge in [0.1, 0.15) is 19.0 Å². The third-order valence-electron chi connectivity index (χ3n) is 6.13. The first-order valence-electron chi connectivity index (χ1n) is 11.8. The fourth-order valence-corrected chi connectivity index (χ4v) is 4.90. The predicted molar refractivity (Wildman–Crippen MR) is 141 cm³/mol. The molecule has 1 fully saturated rings. The summed E-state index contributed by atoms with van der Waals surface area (Å²) in [6.07, 6.45) is 2.17. The van der Waals surface area contributed by atoms with Crippen LogP contribution in [0.25, 0.3) is 0 Å². The second-order valence-corrected chi connectivity index (χ2v) is 9.51. The zero-order valence-electron chi connectivity index (χ0n) is 19.7. The Hall–Kier alpha value is -3.28. The Kier molecular flexibility index (Phi) is 8.68. The molecule has 186 valence electrons. The van der Waals surface area contributed by atoms with Crippen LogP contribution in [0, 0.1) is 5.92 Å². The average Bonchev–Trinajstić information content (AvgIpc) is 3.24. The average molecular weight is 524 g/mol. The number of carbonyl (C=O) groups excluding carboxylic acids is 2. The smallest absolute Gasteiger partial charge is 0.416 e.